The first-order chi connectivity index (χ1) is 8.45. The molecule has 3 N–H and O–H groups in total. The number of oxime groups is 1. The summed E-state index contributed by atoms with van der Waals surface area (Å²) in [4.78, 5) is 10.7. The second-order valence-electron chi connectivity index (χ2n) is 4.87. The molecule has 0 aliphatic rings. The van der Waals surface area contributed by atoms with Crippen molar-refractivity contribution in [3.63, 3.8) is 0 Å². The van der Waals surface area contributed by atoms with Crippen LogP contribution in [0.3, 0.4) is 0 Å². The maximum Gasteiger partial charge on any atom is 0.226 e. The number of hydrogen-bond donors (Lipinski definition) is 2. The third kappa shape index (κ3) is 3.58. The van der Waals surface area contributed by atoms with E-state index in [2.05, 4.69) is 47.7 Å². The number of aromatic nitrogens is 2. The van der Waals surface area contributed by atoms with Gasteiger partial charge in [0.15, 0.2) is 5.84 Å². The molecule has 0 bridgehead atoms. The average molecular weight is 251 g/mol. The monoisotopic (exact) mass is 251 g/mol. The van der Waals surface area contributed by atoms with Crippen LogP contribution in [-0.2, 0) is 0 Å². The van der Waals surface area contributed by atoms with Crippen molar-refractivity contribution in [2.75, 3.05) is 11.4 Å². The molecule has 1 aromatic rings. The van der Waals surface area contributed by atoms with Crippen molar-refractivity contribution >= 4 is 11.8 Å². The van der Waals surface area contributed by atoms with E-state index in [0.29, 0.717) is 17.6 Å². The van der Waals surface area contributed by atoms with E-state index in [1.54, 1.807) is 12.3 Å². The van der Waals surface area contributed by atoms with Crippen LogP contribution in [0.5, 0.6) is 0 Å². The lowest BCUT2D eigenvalue weighted by Gasteiger charge is -2.28. The fraction of sp³-hybridized carbons (Fsp3) is 0.583. The maximum absolute atomic E-state index is 8.66. The van der Waals surface area contributed by atoms with Gasteiger partial charge in [-0.3, -0.25) is 0 Å². The standard InChI is InChI=1S/C12H21N5O/c1-8(2)7-17(9(3)4)12-14-6-5-10(15-12)11(13)16-18/h5-6,8-9,18H,7H2,1-4H3,(H2,13,16). The molecule has 18 heavy (non-hydrogen) atoms. The minimum atomic E-state index is -0.00750. The van der Waals surface area contributed by atoms with Crippen LogP contribution >= 0.6 is 0 Å². The van der Waals surface area contributed by atoms with Crippen LogP contribution in [0.25, 0.3) is 0 Å². The van der Waals surface area contributed by atoms with Crippen LogP contribution < -0.4 is 10.6 Å². The molecule has 0 unspecified atom stereocenters. The van der Waals surface area contributed by atoms with E-state index in [-0.39, 0.29) is 11.9 Å². The Balaban J connectivity index is 3.05. The van der Waals surface area contributed by atoms with Crippen molar-refractivity contribution in [1.82, 2.24) is 9.97 Å². The van der Waals surface area contributed by atoms with Gasteiger partial charge < -0.3 is 15.8 Å². The molecule has 100 valence electrons. The second kappa shape index (κ2) is 6.18. The summed E-state index contributed by atoms with van der Waals surface area (Å²) in [6, 6.07) is 1.90. The van der Waals surface area contributed by atoms with Crippen molar-refractivity contribution in [2.45, 2.75) is 33.7 Å². The van der Waals surface area contributed by atoms with Crippen LogP contribution in [0.15, 0.2) is 17.4 Å². The molecule has 0 fully saturated rings. The summed E-state index contributed by atoms with van der Waals surface area (Å²) >= 11 is 0. The van der Waals surface area contributed by atoms with E-state index in [1.807, 2.05) is 0 Å². The number of hydrogen-bond acceptors (Lipinski definition) is 5. The predicted molar refractivity (Wildman–Crippen MR) is 71.9 cm³/mol. The minimum absolute atomic E-state index is 0.00750. The molecule has 0 aliphatic heterocycles. The topological polar surface area (TPSA) is 87.6 Å². The van der Waals surface area contributed by atoms with Crippen molar-refractivity contribution < 1.29 is 5.21 Å². The smallest absolute Gasteiger partial charge is 0.226 e. The number of nitrogens with zero attached hydrogens (tertiary/aromatic N) is 4. The maximum atomic E-state index is 8.66. The van der Waals surface area contributed by atoms with Crippen LogP contribution in [0.2, 0.25) is 0 Å². The van der Waals surface area contributed by atoms with Gasteiger partial charge >= 0.3 is 0 Å². The molecule has 6 nitrogen and oxygen atoms in total. The zero-order chi connectivity index (χ0) is 13.7. The van der Waals surface area contributed by atoms with Gasteiger partial charge in [-0.2, -0.15) is 0 Å². The lowest BCUT2D eigenvalue weighted by Crippen LogP contribution is -2.36. The van der Waals surface area contributed by atoms with Gasteiger partial charge in [0.1, 0.15) is 5.69 Å². The summed E-state index contributed by atoms with van der Waals surface area (Å²) in [5.74, 6) is 1.10. The fourth-order valence-electron chi connectivity index (χ4n) is 1.60. The first kappa shape index (κ1) is 14.2. The quantitative estimate of drug-likeness (QED) is 0.358. The van der Waals surface area contributed by atoms with Crippen LogP contribution in [0, 0.1) is 5.92 Å². The Morgan fingerprint density at radius 1 is 1.44 bits per heavy atom. The van der Waals surface area contributed by atoms with E-state index in [9.17, 15) is 0 Å². The van der Waals surface area contributed by atoms with Crippen molar-refractivity contribution in [2.24, 2.45) is 16.8 Å². The first-order valence-electron chi connectivity index (χ1n) is 6.03. The van der Waals surface area contributed by atoms with Gasteiger partial charge in [-0.05, 0) is 25.8 Å². The van der Waals surface area contributed by atoms with Crippen LogP contribution in [0.1, 0.15) is 33.4 Å². The van der Waals surface area contributed by atoms with Crippen LogP contribution in [0.4, 0.5) is 5.95 Å². The summed E-state index contributed by atoms with van der Waals surface area (Å²) in [5.41, 5.74) is 5.96. The number of nitrogens with two attached hydrogens (primary N) is 1. The van der Waals surface area contributed by atoms with Gasteiger partial charge in [-0.1, -0.05) is 19.0 Å². The molecule has 0 spiro atoms. The Hall–Kier alpha value is -1.85. The van der Waals surface area contributed by atoms with Gasteiger partial charge in [0.2, 0.25) is 5.95 Å². The van der Waals surface area contributed by atoms with E-state index >= 15 is 0 Å². The SMILES string of the molecule is CC(C)CN(c1nccc(/C(N)=N/O)n1)C(C)C. The minimum Gasteiger partial charge on any atom is -0.409 e. The Morgan fingerprint density at radius 2 is 2.11 bits per heavy atom. The summed E-state index contributed by atoms with van der Waals surface area (Å²) in [6.07, 6.45) is 1.62. The highest BCUT2D eigenvalue weighted by molar-refractivity contribution is 5.95. The normalized spacial score (nSPS) is 12.2. The molecule has 0 saturated carbocycles. The summed E-state index contributed by atoms with van der Waals surface area (Å²) < 4.78 is 0. The predicted octanol–water partition coefficient (Wildman–Crippen LogP) is 1.44. The third-order valence-corrected chi connectivity index (χ3v) is 2.46. The largest absolute Gasteiger partial charge is 0.409 e. The highest BCUT2D eigenvalue weighted by Gasteiger charge is 2.15. The summed E-state index contributed by atoms with van der Waals surface area (Å²) in [6.45, 7) is 9.31. The lowest BCUT2D eigenvalue weighted by atomic mass is 10.2. The molecule has 6 heteroatoms. The van der Waals surface area contributed by atoms with Gasteiger partial charge in [0.25, 0.3) is 0 Å². The fourth-order valence-corrected chi connectivity index (χ4v) is 1.60. The lowest BCUT2D eigenvalue weighted by molar-refractivity contribution is 0.318. The molecule has 0 saturated heterocycles. The molecule has 0 radical (unpaired) electrons. The molecule has 0 aromatic carbocycles. The molecule has 0 aliphatic carbocycles. The van der Waals surface area contributed by atoms with Crippen molar-refractivity contribution in [3.8, 4) is 0 Å². The van der Waals surface area contributed by atoms with Gasteiger partial charge in [0.05, 0.1) is 0 Å². The summed E-state index contributed by atoms with van der Waals surface area (Å²) in [5, 5.41) is 11.6. The summed E-state index contributed by atoms with van der Waals surface area (Å²) in [7, 11) is 0. The highest BCUT2D eigenvalue weighted by atomic mass is 16.4. The average Bonchev–Trinajstić information content (AvgIpc) is 2.34. The molecule has 0 atom stereocenters. The van der Waals surface area contributed by atoms with E-state index in [4.69, 9.17) is 10.9 Å². The van der Waals surface area contributed by atoms with Gasteiger partial charge in [0, 0.05) is 18.8 Å². The Bertz CT molecular complexity index is 417. The molecular weight excluding hydrogens is 230 g/mol. The molecular formula is C12H21N5O. The third-order valence-electron chi connectivity index (χ3n) is 2.46. The van der Waals surface area contributed by atoms with E-state index in [1.165, 1.54) is 0 Å². The van der Waals surface area contributed by atoms with E-state index < -0.39 is 0 Å². The Labute approximate surface area is 108 Å². The molecule has 0 amide bonds. The van der Waals surface area contributed by atoms with Crippen molar-refractivity contribution in [3.05, 3.63) is 18.0 Å². The molecule has 1 rings (SSSR count). The zero-order valence-corrected chi connectivity index (χ0v) is 11.3. The van der Waals surface area contributed by atoms with Crippen LogP contribution in [-0.4, -0.2) is 33.6 Å². The number of rotatable bonds is 5. The Morgan fingerprint density at radius 3 is 2.61 bits per heavy atom. The number of amidine groups is 1. The molecule has 1 heterocycles. The van der Waals surface area contributed by atoms with E-state index in [0.717, 1.165) is 6.54 Å². The van der Waals surface area contributed by atoms with Crippen molar-refractivity contribution in [1.29, 1.82) is 0 Å². The second-order valence-corrected chi connectivity index (χ2v) is 4.87. The highest BCUT2D eigenvalue weighted by Crippen LogP contribution is 2.13. The first-order valence-corrected chi connectivity index (χ1v) is 6.03. The zero-order valence-electron chi connectivity index (χ0n) is 11.3. The van der Waals surface area contributed by atoms with Gasteiger partial charge in [-0.25, -0.2) is 9.97 Å². The number of anilines is 1. The van der Waals surface area contributed by atoms with Gasteiger partial charge in [-0.15, -0.1) is 0 Å². The Kier molecular flexibility index (Phi) is 4.88. The molecule has 1 aromatic heterocycles.